The normalized spacial score (nSPS) is 16.5. The predicted molar refractivity (Wildman–Crippen MR) is 89.8 cm³/mol. The molecule has 0 unspecified atom stereocenters. The summed E-state index contributed by atoms with van der Waals surface area (Å²) >= 11 is 3.42. The molecule has 1 aromatic carbocycles. The van der Waals surface area contributed by atoms with Crippen LogP contribution < -0.4 is 5.32 Å². The number of carbonyl (C=O) groups excluding carboxylic acids is 1. The number of anilines is 1. The lowest BCUT2D eigenvalue weighted by Crippen LogP contribution is -2.29. The molecule has 0 fully saturated rings. The molecule has 6 nitrogen and oxygen atoms in total. The first-order valence-electron chi connectivity index (χ1n) is 7.02. The maximum atomic E-state index is 12.5. The monoisotopic (exact) mass is 374 g/mol. The molecule has 0 saturated heterocycles. The fourth-order valence-corrected chi connectivity index (χ4v) is 2.79. The molecule has 0 amide bonds. The summed E-state index contributed by atoms with van der Waals surface area (Å²) in [5, 5.41) is 7.35. The van der Waals surface area contributed by atoms with E-state index in [9.17, 15) is 4.79 Å². The second kappa shape index (κ2) is 6.37. The maximum absolute atomic E-state index is 12.5. The van der Waals surface area contributed by atoms with Gasteiger partial charge in [-0.05, 0) is 24.6 Å². The van der Waals surface area contributed by atoms with Crippen LogP contribution in [0, 0.1) is 0 Å². The number of nitrogens with one attached hydrogen (secondary N) is 1. The molecule has 2 heterocycles. The van der Waals surface area contributed by atoms with Gasteiger partial charge in [-0.2, -0.15) is 10.1 Å². The maximum Gasteiger partial charge on any atom is 0.338 e. The van der Waals surface area contributed by atoms with Crippen LogP contribution in [0.25, 0.3) is 0 Å². The van der Waals surface area contributed by atoms with E-state index < -0.39 is 5.97 Å². The summed E-state index contributed by atoms with van der Waals surface area (Å²) in [4.78, 5) is 16.7. The average Bonchev–Trinajstić information content (AvgIpc) is 3.00. The Balaban J connectivity index is 2.08. The number of halogens is 1. The van der Waals surface area contributed by atoms with E-state index in [1.807, 2.05) is 31.2 Å². The first-order valence-corrected chi connectivity index (χ1v) is 7.82. The van der Waals surface area contributed by atoms with Crippen molar-refractivity contribution in [2.45, 2.75) is 13.0 Å². The Kier molecular flexibility index (Phi) is 4.29. The molecule has 7 heteroatoms. The highest BCUT2D eigenvalue weighted by Crippen LogP contribution is 2.35. The summed E-state index contributed by atoms with van der Waals surface area (Å²) < 4.78 is 7.89. The highest BCUT2D eigenvalue weighted by atomic mass is 79.9. The summed E-state index contributed by atoms with van der Waals surface area (Å²) in [5.41, 5.74) is 2.13. The van der Waals surface area contributed by atoms with Gasteiger partial charge >= 0.3 is 5.97 Å². The molecule has 3 rings (SSSR count). The molecule has 0 spiro atoms. The summed E-state index contributed by atoms with van der Waals surface area (Å²) in [5.74, 6) is 0.194. The highest BCUT2D eigenvalue weighted by molar-refractivity contribution is 9.10. The summed E-state index contributed by atoms with van der Waals surface area (Å²) in [6.07, 6.45) is 3.00. The second-order valence-corrected chi connectivity index (χ2v) is 5.95. The van der Waals surface area contributed by atoms with Crippen molar-refractivity contribution in [3.63, 3.8) is 0 Å². The van der Waals surface area contributed by atoms with E-state index in [1.54, 1.807) is 10.8 Å². The van der Waals surface area contributed by atoms with Crippen molar-refractivity contribution in [2.75, 3.05) is 11.9 Å². The third-order valence-corrected chi connectivity index (χ3v) is 4.06. The van der Waals surface area contributed by atoms with E-state index in [2.05, 4.69) is 37.9 Å². The van der Waals surface area contributed by atoms with Gasteiger partial charge in [-0.15, -0.1) is 0 Å². The van der Waals surface area contributed by atoms with Gasteiger partial charge in [-0.3, -0.25) is 0 Å². The number of fused-ring (bicyclic) bond motifs is 1. The fourth-order valence-electron chi connectivity index (χ4n) is 2.52. The number of hydrogen-bond acceptors (Lipinski definition) is 5. The molecule has 0 radical (unpaired) electrons. The third-order valence-electron chi connectivity index (χ3n) is 3.53. The van der Waals surface area contributed by atoms with Gasteiger partial charge in [0.2, 0.25) is 5.95 Å². The van der Waals surface area contributed by atoms with Crippen LogP contribution in [0.1, 0.15) is 18.5 Å². The van der Waals surface area contributed by atoms with Crippen LogP contribution in [0.15, 0.2) is 59.0 Å². The minimum atomic E-state index is -0.399. The van der Waals surface area contributed by atoms with Gasteiger partial charge in [0.25, 0.3) is 0 Å². The number of allylic oxidation sites excluding steroid dienone is 1. The van der Waals surface area contributed by atoms with Crippen molar-refractivity contribution in [3.8, 4) is 0 Å². The van der Waals surface area contributed by atoms with Gasteiger partial charge in [-0.25, -0.2) is 9.48 Å². The van der Waals surface area contributed by atoms with Gasteiger partial charge in [0, 0.05) is 10.2 Å². The number of hydrogen-bond donors (Lipinski definition) is 1. The molecule has 118 valence electrons. The summed E-state index contributed by atoms with van der Waals surface area (Å²) in [6, 6.07) is 7.35. The van der Waals surface area contributed by atoms with Gasteiger partial charge < -0.3 is 10.1 Å². The number of ether oxygens (including phenoxy) is 1. The minimum absolute atomic E-state index is 0.160. The van der Waals surface area contributed by atoms with Gasteiger partial charge in [-0.1, -0.05) is 40.7 Å². The topological polar surface area (TPSA) is 69.0 Å². The van der Waals surface area contributed by atoms with Crippen molar-refractivity contribution in [2.24, 2.45) is 0 Å². The lowest BCUT2D eigenvalue weighted by Gasteiger charge is -2.28. The van der Waals surface area contributed by atoms with Crippen molar-refractivity contribution in [1.29, 1.82) is 0 Å². The van der Waals surface area contributed by atoms with Crippen molar-refractivity contribution >= 4 is 27.8 Å². The Labute approximate surface area is 142 Å². The summed E-state index contributed by atoms with van der Waals surface area (Å²) in [6.45, 7) is 5.56. The SMILES string of the molecule is C=CCOC(=O)C1=C(C)Nc2ncnn2[C@H]1c1ccc(Br)cc1. The molecule has 0 aliphatic carbocycles. The van der Waals surface area contributed by atoms with Crippen LogP contribution in [-0.4, -0.2) is 27.3 Å². The molecule has 1 N–H and O–H groups in total. The Hall–Kier alpha value is -2.41. The summed E-state index contributed by atoms with van der Waals surface area (Å²) in [7, 11) is 0. The standard InChI is InChI=1S/C16H15BrN4O2/c1-3-8-23-15(22)13-10(2)20-16-18-9-19-21(16)14(13)11-4-6-12(17)7-5-11/h3-7,9,14H,1,8H2,2H3,(H,18,19,20)/t14-/m0/s1. The van der Waals surface area contributed by atoms with Crippen molar-refractivity contribution in [3.05, 3.63) is 64.6 Å². The molecular formula is C16H15BrN4O2. The number of aromatic nitrogens is 3. The molecule has 0 bridgehead atoms. The molecule has 0 saturated carbocycles. The number of nitrogens with zero attached hydrogens (tertiary/aromatic N) is 3. The third kappa shape index (κ3) is 2.92. The Morgan fingerprint density at radius 3 is 2.91 bits per heavy atom. The van der Waals surface area contributed by atoms with Crippen LogP contribution in [0.3, 0.4) is 0 Å². The van der Waals surface area contributed by atoms with Gasteiger partial charge in [0.05, 0.1) is 5.57 Å². The molecule has 23 heavy (non-hydrogen) atoms. The molecule has 1 aliphatic heterocycles. The predicted octanol–water partition coefficient (Wildman–Crippen LogP) is 3.06. The zero-order valence-electron chi connectivity index (χ0n) is 12.5. The Bertz CT molecular complexity index is 780. The molecule has 1 aliphatic rings. The number of benzene rings is 1. The lowest BCUT2D eigenvalue weighted by atomic mass is 9.96. The molecule has 1 aromatic heterocycles. The minimum Gasteiger partial charge on any atom is -0.458 e. The second-order valence-electron chi connectivity index (χ2n) is 5.03. The van der Waals surface area contributed by atoms with Gasteiger partial charge in [0.1, 0.15) is 19.0 Å². The first kappa shape index (κ1) is 15.5. The van der Waals surface area contributed by atoms with Crippen molar-refractivity contribution < 1.29 is 9.53 Å². The van der Waals surface area contributed by atoms with Crippen LogP contribution in [0.2, 0.25) is 0 Å². The average molecular weight is 375 g/mol. The zero-order chi connectivity index (χ0) is 16.4. The van der Waals surface area contributed by atoms with E-state index >= 15 is 0 Å². The number of rotatable bonds is 4. The molecular weight excluding hydrogens is 360 g/mol. The number of carbonyl (C=O) groups is 1. The van der Waals surface area contributed by atoms with Crippen molar-refractivity contribution in [1.82, 2.24) is 14.8 Å². The van der Waals surface area contributed by atoms with Crippen LogP contribution in [-0.2, 0) is 9.53 Å². The molecule has 2 aromatic rings. The van der Waals surface area contributed by atoms with Crippen LogP contribution in [0.4, 0.5) is 5.95 Å². The Morgan fingerprint density at radius 1 is 1.48 bits per heavy atom. The van der Waals surface area contributed by atoms with E-state index in [-0.39, 0.29) is 12.6 Å². The quantitative estimate of drug-likeness (QED) is 0.657. The van der Waals surface area contributed by atoms with E-state index in [4.69, 9.17) is 4.74 Å². The van der Waals surface area contributed by atoms with E-state index in [0.29, 0.717) is 17.2 Å². The zero-order valence-corrected chi connectivity index (χ0v) is 14.1. The van der Waals surface area contributed by atoms with Crippen LogP contribution in [0.5, 0.6) is 0 Å². The largest absolute Gasteiger partial charge is 0.458 e. The lowest BCUT2D eigenvalue weighted by molar-refractivity contribution is -0.138. The smallest absolute Gasteiger partial charge is 0.338 e. The van der Waals surface area contributed by atoms with Crippen LogP contribution >= 0.6 is 15.9 Å². The Morgan fingerprint density at radius 2 is 2.22 bits per heavy atom. The highest BCUT2D eigenvalue weighted by Gasteiger charge is 2.34. The number of esters is 1. The molecule has 1 atom stereocenters. The first-order chi connectivity index (χ1) is 11.1. The van der Waals surface area contributed by atoms with Gasteiger partial charge in [0.15, 0.2) is 0 Å². The van der Waals surface area contributed by atoms with E-state index in [0.717, 1.165) is 10.0 Å². The fraction of sp³-hybridized carbons (Fsp3) is 0.188. The van der Waals surface area contributed by atoms with E-state index in [1.165, 1.54) is 6.33 Å².